The fourth-order valence-corrected chi connectivity index (χ4v) is 4.03. The van der Waals surface area contributed by atoms with Gasteiger partial charge in [-0.05, 0) is 50.5 Å². The molecule has 0 aliphatic heterocycles. The molecule has 0 N–H and O–H groups in total. The fourth-order valence-electron chi connectivity index (χ4n) is 2.60. The van der Waals surface area contributed by atoms with Crippen molar-refractivity contribution in [1.29, 1.82) is 0 Å². The van der Waals surface area contributed by atoms with E-state index in [1.807, 2.05) is 19.0 Å². The third kappa shape index (κ3) is 5.30. The summed E-state index contributed by atoms with van der Waals surface area (Å²) in [6, 6.07) is 10.4. The van der Waals surface area contributed by atoms with Crippen LogP contribution in [0.1, 0.15) is 0 Å². The van der Waals surface area contributed by atoms with Crippen molar-refractivity contribution in [3.05, 3.63) is 46.4 Å². The van der Waals surface area contributed by atoms with Crippen LogP contribution in [0.3, 0.4) is 0 Å². The van der Waals surface area contributed by atoms with Crippen molar-refractivity contribution in [1.82, 2.24) is 9.88 Å². The Balaban J connectivity index is 1.86. The molecule has 0 fully saturated rings. The van der Waals surface area contributed by atoms with Gasteiger partial charge in [-0.15, -0.1) is 0 Å². The first-order valence-electron chi connectivity index (χ1n) is 8.85. The number of thiazole rings is 1. The molecule has 0 spiro atoms. The summed E-state index contributed by atoms with van der Waals surface area (Å²) in [6.45, 7) is 1.03. The molecule has 3 rings (SSSR count). The molecule has 9 heteroatoms. The summed E-state index contributed by atoms with van der Waals surface area (Å²) in [5.41, 5.74) is 0.640. The largest absolute Gasteiger partial charge is 0.494 e. The van der Waals surface area contributed by atoms with E-state index >= 15 is 0 Å². The zero-order valence-electron chi connectivity index (χ0n) is 16.3. The van der Waals surface area contributed by atoms with Crippen LogP contribution in [0.2, 0.25) is 10.0 Å². The number of anilines is 1. The first-order chi connectivity index (χ1) is 13.9. The topological polar surface area (TPSA) is 54.9 Å². The van der Waals surface area contributed by atoms with Gasteiger partial charge in [-0.1, -0.05) is 34.5 Å². The molecule has 0 aliphatic carbocycles. The average molecular weight is 454 g/mol. The molecule has 29 heavy (non-hydrogen) atoms. The Kier molecular flexibility index (Phi) is 7.18. The molecule has 0 radical (unpaired) electrons. The Morgan fingerprint density at radius 3 is 2.48 bits per heavy atom. The molecule has 0 atom stereocenters. The lowest BCUT2D eigenvalue weighted by atomic mass is 10.3. The minimum Gasteiger partial charge on any atom is -0.494 e. The highest BCUT2D eigenvalue weighted by Crippen LogP contribution is 2.38. The Labute approximate surface area is 183 Å². The van der Waals surface area contributed by atoms with Gasteiger partial charge in [0, 0.05) is 18.1 Å². The van der Waals surface area contributed by atoms with Crippen LogP contribution in [-0.4, -0.2) is 56.7 Å². The third-order valence-corrected chi connectivity index (χ3v) is 5.94. The van der Waals surface area contributed by atoms with Gasteiger partial charge in [0.1, 0.15) is 17.0 Å². The molecule has 0 unspecified atom stereocenters. The summed E-state index contributed by atoms with van der Waals surface area (Å²) in [6.07, 6.45) is 0. The minimum atomic E-state index is -0.198. The number of aromatic nitrogens is 1. The van der Waals surface area contributed by atoms with Crippen LogP contribution >= 0.6 is 34.5 Å². The average Bonchev–Trinajstić information content (AvgIpc) is 3.14. The molecule has 0 saturated heterocycles. The zero-order valence-corrected chi connectivity index (χ0v) is 18.6. The molecule has 1 aromatic heterocycles. The van der Waals surface area contributed by atoms with Crippen molar-refractivity contribution in [2.75, 3.05) is 45.8 Å². The maximum Gasteiger partial charge on any atom is 0.266 e. The van der Waals surface area contributed by atoms with Crippen LogP contribution in [0.4, 0.5) is 5.13 Å². The highest BCUT2D eigenvalue weighted by molar-refractivity contribution is 7.23. The summed E-state index contributed by atoms with van der Waals surface area (Å²) in [7, 11) is 5.48. The summed E-state index contributed by atoms with van der Waals surface area (Å²) in [5, 5.41) is 1.73. The number of nitrogens with zero attached hydrogens (tertiary/aromatic N) is 3. The quantitative estimate of drug-likeness (QED) is 0.499. The minimum absolute atomic E-state index is 0.115. The predicted octanol–water partition coefficient (Wildman–Crippen LogP) is 4.59. The number of benzene rings is 2. The number of hydrogen-bond donors (Lipinski definition) is 0. The molecule has 0 aliphatic rings. The van der Waals surface area contributed by atoms with E-state index in [9.17, 15) is 4.79 Å². The van der Waals surface area contributed by atoms with E-state index in [1.54, 1.807) is 48.4 Å². The van der Waals surface area contributed by atoms with Crippen molar-refractivity contribution in [3.8, 4) is 11.5 Å². The van der Waals surface area contributed by atoms with Gasteiger partial charge in [0.15, 0.2) is 11.7 Å². The van der Waals surface area contributed by atoms with Gasteiger partial charge in [-0.3, -0.25) is 9.69 Å². The number of carbonyl (C=O) groups is 1. The number of rotatable bonds is 8. The standard InChI is InChI=1S/C20H21Cl2N3O3S/c1-24(2)10-11-25(17(26)12-28-14-6-4-13(21)5-7-14)20-23-18-16(27-3)9-8-15(22)19(18)29-20/h4-9H,10-12H2,1-3H3. The van der Waals surface area contributed by atoms with Gasteiger partial charge in [0.05, 0.1) is 16.8 Å². The molecular formula is C20H21Cl2N3O3S. The summed E-state index contributed by atoms with van der Waals surface area (Å²) >= 11 is 13.6. The molecule has 1 heterocycles. The molecule has 6 nitrogen and oxygen atoms in total. The smallest absolute Gasteiger partial charge is 0.266 e. The van der Waals surface area contributed by atoms with E-state index < -0.39 is 0 Å². The van der Waals surface area contributed by atoms with Crippen molar-refractivity contribution in [2.45, 2.75) is 0 Å². The maximum atomic E-state index is 13.0. The van der Waals surface area contributed by atoms with Crippen LogP contribution in [0.5, 0.6) is 11.5 Å². The molecule has 2 aromatic carbocycles. The number of carbonyl (C=O) groups excluding carboxylic acids is 1. The second-order valence-corrected chi connectivity index (χ2v) is 8.34. The number of methoxy groups -OCH3 is 1. The fraction of sp³-hybridized carbons (Fsp3) is 0.300. The molecule has 0 bridgehead atoms. The predicted molar refractivity (Wildman–Crippen MR) is 119 cm³/mol. The number of fused-ring (bicyclic) bond motifs is 1. The van der Waals surface area contributed by atoms with E-state index in [1.165, 1.54) is 11.3 Å². The Bertz CT molecular complexity index is 993. The van der Waals surface area contributed by atoms with E-state index in [2.05, 4.69) is 4.98 Å². The van der Waals surface area contributed by atoms with E-state index in [-0.39, 0.29) is 12.5 Å². The SMILES string of the molecule is COc1ccc(Cl)c2sc(N(CCN(C)C)C(=O)COc3ccc(Cl)cc3)nc12. The molecule has 3 aromatic rings. The summed E-state index contributed by atoms with van der Waals surface area (Å²) < 4.78 is 11.8. The molecule has 0 saturated carbocycles. The van der Waals surface area contributed by atoms with Crippen molar-refractivity contribution >= 4 is 55.8 Å². The Morgan fingerprint density at radius 1 is 1.10 bits per heavy atom. The molecular weight excluding hydrogens is 433 g/mol. The third-order valence-electron chi connectivity index (χ3n) is 4.15. The highest BCUT2D eigenvalue weighted by atomic mass is 35.5. The summed E-state index contributed by atoms with van der Waals surface area (Å²) in [4.78, 5) is 21.2. The first kappa shape index (κ1) is 21.6. The lowest BCUT2D eigenvalue weighted by Crippen LogP contribution is -2.39. The highest BCUT2D eigenvalue weighted by Gasteiger charge is 2.22. The normalized spacial score (nSPS) is 11.1. The van der Waals surface area contributed by atoms with Crippen LogP contribution in [0.25, 0.3) is 10.2 Å². The van der Waals surface area contributed by atoms with E-state index in [0.717, 1.165) is 4.70 Å². The Hall–Kier alpha value is -2.06. The number of likely N-dealkylation sites (N-methyl/N-ethyl adjacent to an activating group) is 1. The monoisotopic (exact) mass is 453 g/mol. The number of hydrogen-bond acceptors (Lipinski definition) is 6. The van der Waals surface area contributed by atoms with E-state index in [4.69, 9.17) is 32.7 Å². The van der Waals surface area contributed by atoms with Crippen LogP contribution in [0.15, 0.2) is 36.4 Å². The van der Waals surface area contributed by atoms with Gasteiger partial charge >= 0.3 is 0 Å². The second kappa shape index (κ2) is 9.63. The lowest BCUT2D eigenvalue weighted by Gasteiger charge is -2.22. The molecule has 1 amide bonds. The Morgan fingerprint density at radius 2 is 1.83 bits per heavy atom. The van der Waals surface area contributed by atoms with E-state index in [0.29, 0.717) is 45.3 Å². The second-order valence-electron chi connectivity index (χ2n) is 6.52. The number of amides is 1. The van der Waals surface area contributed by atoms with Crippen molar-refractivity contribution in [3.63, 3.8) is 0 Å². The van der Waals surface area contributed by atoms with Gasteiger partial charge < -0.3 is 14.4 Å². The molecule has 154 valence electrons. The lowest BCUT2D eigenvalue weighted by molar-refractivity contribution is -0.120. The summed E-state index contributed by atoms with van der Waals surface area (Å²) in [5.74, 6) is 0.990. The number of halogens is 2. The van der Waals surface area contributed by atoms with Gasteiger partial charge in [-0.2, -0.15) is 0 Å². The zero-order chi connectivity index (χ0) is 21.0. The van der Waals surface area contributed by atoms with Gasteiger partial charge in [-0.25, -0.2) is 4.98 Å². The van der Waals surface area contributed by atoms with Crippen LogP contribution < -0.4 is 14.4 Å². The van der Waals surface area contributed by atoms with Crippen LogP contribution in [-0.2, 0) is 4.79 Å². The van der Waals surface area contributed by atoms with Crippen LogP contribution in [0, 0.1) is 0 Å². The number of ether oxygens (including phenoxy) is 2. The van der Waals surface area contributed by atoms with Crippen molar-refractivity contribution < 1.29 is 14.3 Å². The van der Waals surface area contributed by atoms with Crippen molar-refractivity contribution in [2.24, 2.45) is 0 Å². The maximum absolute atomic E-state index is 13.0. The first-order valence-corrected chi connectivity index (χ1v) is 10.4. The van der Waals surface area contributed by atoms with Gasteiger partial charge in [0.25, 0.3) is 5.91 Å². The van der Waals surface area contributed by atoms with Gasteiger partial charge in [0.2, 0.25) is 0 Å².